The number of benzene rings is 1. The fourth-order valence-corrected chi connectivity index (χ4v) is 3.88. The summed E-state index contributed by atoms with van der Waals surface area (Å²) in [6.07, 6.45) is 3.08. The molecule has 1 aromatic carbocycles. The normalized spacial score (nSPS) is 17.1. The van der Waals surface area contributed by atoms with Crippen LogP contribution in [0.1, 0.15) is 36.1 Å². The average Bonchev–Trinajstić information content (AvgIpc) is 2.75. The van der Waals surface area contributed by atoms with Crippen molar-refractivity contribution in [1.29, 1.82) is 0 Å². The van der Waals surface area contributed by atoms with E-state index in [4.69, 9.17) is 28.9 Å². The molecule has 0 bridgehead atoms. The zero-order valence-electron chi connectivity index (χ0n) is 17.4. The monoisotopic (exact) mass is 463 g/mol. The van der Waals surface area contributed by atoms with Crippen LogP contribution in [0.15, 0.2) is 30.3 Å². The fraction of sp³-hybridized carbons (Fsp3) is 0.409. The molecule has 1 saturated heterocycles. The molecule has 166 valence electrons. The SMILES string of the molecule is Cc1nc(N)ccc1CNC(=O)[C@H](Cc1ccc(Cl)c(Cl)c1)NC(=O)[C@H]1CCCCN1. The Morgan fingerprint density at radius 1 is 1.23 bits per heavy atom. The summed E-state index contributed by atoms with van der Waals surface area (Å²) < 4.78 is 0. The highest BCUT2D eigenvalue weighted by Gasteiger charge is 2.27. The smallest absolute Gasteiger partial charge is 0.243 e. The Bertz CT molecular complexity index is 947. The number of nitrogen functional groups attached to an aromatic ring is 1. The number of hydrogen-bond donors (Lipinski definition) is 4. The number of anilines is 1. The molecule has 3 rings (SSSR count). The van der Waals surface area contributed by atoms with Crippen molar-refractivity contribution in [3.63, 3.8) is 0 Å². The van der Waals surface area contributed by atoms with E-state index in [-0.39, 0.29) is 24.4 Å². The molecular formula is C22H27Cl2N5O2. The van der Waals surface area contributed by atoms with Gasteiger partial charge in [0.15, 0.2) is 0 Å². The highest BCUT2D eigenvalue weighted by Crippen LogP contribution is 2.23. The second-order valence-electron chi connectivity index (χ2n) is 7.71. The molecule has 31 heavy (non-hydrogen) atoms. The Kier molecular flexibility index (Phi) is 8.12. The molecule has 2 heterocycles. The molecule has 1 aromatic heterocycles. The number of carbonyl (C=O) groups excluding carboxylic acids is 2. The molecule has 7 nitrogen and oxygen atoms in total. The largest absolute Gasteiger partial charge is 0.384 e. The second-order valence-corrected chi connectivity index (χ2v) is 8.53. The van der Waals surface area contributed by atoms with Crippen molar-refractivity contribution in [3.8, 4) is 0 Å². The summed E-state index contributed by atoms with van der Waals surface area (Å²) in [5, 5.41) is 9.86. The first-order valence-corrected chi connectivity index (χ1v) is 11.1. The summed E-state index contributed by atoms with van der Waals surface area (Å²) in [5.41, 5.74) is 8.10. The van der Waals surface area contributed by atoms with Crippen LogP contribution in [-0.2, 0) is 22.6 Å². The van der Waals surface area contributed by atoms with Crippen LogP contribution in [-0.4, -0.2) is 35.4 Å². The maximum Gasteiger partial charge on any atom is 0.243 e. The molecule has 1 aliphatic heterocycles. The topological polar surface area (TPSA) is 109 Å². The third-order valence-corrected chi connectivity index (χ3v) is 6.09. The standard InChI is InChI=1S/C22H27Cl2N5O2/c1-13-15(6-8-20(25)28-13)12-27-21(30)19(11-14-5-7-16(23)17(24)10-14)29-22(31)18-4-2-3-9-26-18/h5-8,10,18-19,26H,2-4,9,11-12H2,1H3,(H2,25,28)(H,27,30)(H,29,31)/t18-,19+/m1/s1. The summed E-state index contributed by atoms with van der Waals surface area (Å²) in [7, 11) is 0. The van der Waals surface area contributed by atoms with Crippen LogP contribution in [0.3, 0.4) is 0 Å². The quantitative estimate of drug-likeness (QED) is 0.504. The van der Waals surface area contributed by atoms with E-state index >= 15 is 0 Å². The van der Waals surface area contributed by atoms with E-state index in [0.29, 0.717) is 22.3 Å². The van der Waals surface area contributed by atoms with Crippen LogP contribution >= 0.6 is 23.2 Å². The lowest BCUT2D eigenvalue weighted by Crippen LogP contribution is -2.54. The molecule has 0 unspecified atom stereocenters. The Balaban J connectivity index is 1.71. The van der Waals surface area contributed by atoms with Crippen LogP contribution in [0, 0.1) is 6.92 Å². The zero-order chi connectivity index (χ0) is 22.4. The minimum Gasteiger partial charge on any atom is -0.384 e. The molecule has 0 saturated carbocycles. The van der Waals surface area contributed by atoms with Gasteiger partial charge < -0.3 is 21.7 Å². The van der Waals surface area contributed by atoms with Gasteiger partial charge in [0.1, 0.15) is 11.9 Å². The number of nitrogens with two attached hydrogens (primary N) is 1. The summed E-state index contributed by atoms with van der Waals surface area (Å²) in [5.74, 6) is -0.0333. The van der Waals surface area contributed by atoms with E-state index in [1.807, 2.05) is 13.0 Å². The third-order valence-electron chi connectivity index (χ3n) is 5.35. The number of piperidine rings is 1. The van der Waals surface area contributed by atoms with Crippen LogP contribution in [0.25, 0.3) is 0 Å². The lowest BCUT2D eigenvalue weighted by molar-refractivity contribution is -0.130. The number of pyridine rings is 1. The maximum absolute atomic E-state index is 13.0. The number of carbonyl (C=O) groups is 2. The summed E-state index contributed by atoms with van der Waals surface area (Å²) in [4.78, 5) is 30.0. The highest BCUT2D eigenvalue weighted by molar-refractivity contribution is 6.42. The molecule has 0 radical (unpaired) electrons. The molecular weight excluding hydrogens is 437 g/mol. The van der Waals surface area contributed by atoms with E-state index < -0.39 is 6.04 Å². The van der Waals surface area contributed by atoms with Gasteiger partial charge in [-0.05, 0) is 55.6 Å². The zero-order valence-corrected chi connectivity index (χ0v) is 18.9. The fourth-order valence-electron chi connectivity index (χ4n) is 3.56. The number of amides is 2. The Morgan fingerprint density at radius 3 is 2.71 bits per heavy atom. The lowest BCUT2D eigenvalue weighted by Gasteiger charge is -2.26. The number of hydrogen-bond acceptors (Lipinski definition) is 5. The Hall–Kier alpha value is -2.35. The summed E-state index contributed by atoms with van der Waals surface area (Å²) in [6.45, 7) is 2.92. The van der Waals surface area contributed by atoms with Gasteiger partial charge in [-0.1, -0.05) is 41.8 Å². The van der Waals surface area contributed by atoms with Crippen LogP contribution in [0.2, 0.25) is 10.0 Å². The number of nitrogens with zero attached hydrogens (tertiary/aromatic N) is 1. The van der Waals surface area contributed by atoms with E-state index in [9.17, 15) is 9.59 Å². The van der Waals surface area contributed by atoms with Crippen molar-refractivity contribution in [2.24, 2.45) is 0 Å². The number of aromatic nitrogens is 1. The summed E-state index contributed by atoms with van der Waals surface area (Å²) in [6, 6.07) is 7.67. The van der Waals surface area contributed by atoms with Gasteiger partial charge in [-0.25, -0.2) is 4.98 Å². The lowest BCUT2D eigenvalue weighted by atomic mass is 10.0. The highest BCUT2D eigenvalue weighted by atomic mass is 35.5. The van der Waals surface area contributed by atoms with Crippen molar-refractivity contribution < 1.29 is 9.59 Å². The van der Waals surface area contributed by atoms with Crippen LogP contribution in [0.5, 0.6) is 0 Å². The van der Waals surface area contributed by atoms with Gasteiger partial charge in [-0.3, -0.25) is 9.59 Å². The first kappa shape index (κ1) is 23.3. The molecule has 0 spiro atoms. The van der Waals surface area contributed by atoms with Crippen molar-refractivity contribution in [3.05, 3.63) is 57.2 Å². The van der Waals surface area contributed by atoms with Gasteiger partial charge in [0.05, 0.1) is 16.1 Å². The maximum atomic E-state index is 13.0. The minimum absolute atomic E-state index is 0.176. The second kappa shape index (κ2) is 10.8. The molecule has 9 heteroatoms. The van der Waals surface area contributed by atoms with Crippen molar-refractivity contribution in [2.45, 2.75) is 51.2 Å². The average molecular weight is 464 g/mol. The van der Waals surface area contributed by atoms with E-state index in [2.05, 4.69) is 20.9 Å². The predicted molar refractivity (Wildman–Crippen MR) is 123 cm³/mol. The third kappa shape index (κ3) is 6.56. The number of aryl methyl sites for hydroxylation is 1. The summed E-state index contributed by atoms with van der Waals surface area (Å²) >= 11 is 12.1. The van der Waals surface area contributed by atoms with Crippen molar-refractivity contribution in [2.75, 3.05) is 12.3 Å². The minimum atomic E-state index is -0.754. The van der Waals surface area contributed by atoms with Gasteiger partial charge in [0, 0.05) is 18.7 Å². The molecule has 2 atom stereocenters. The van der Waals surface area contributed by atoms with Gasteiger partial charge in [0.2, 0.25) is 11.8 Å². The number of halogens is 2. The number of nitrogens with one attached hydrogen (secondary N) is 3. The van der Waals surface area contributed by atoms with Gasteiger partial charge in [0.25, 0.3) is 0 Å². The first-order chi connectivity index (χ1) is 14.8. The molecule has 0 aliphatic carbocycles. The van der Waals surface area contributed by atoms with Crippen LogP contribution in [0.4, 0.5) is 5.82 Å². The number of rotatable bonds is 7. The van der Waals surface area contributed by atoms with E-state index in [0.717, 1.165) is 42.6 Å². The first-order valence-electron chi connectivity index (χ1n) is 10.3. The van der Waals surface area contributed by atoms with Gasteiger partial charge in [-0.15, -0.1) is 0 Å². The Labute approximate surface area is 192 Å². The van der Waals surface area contributed by atoms with Gasteiger partial charge >= 0.3 is 0 Å². The molecule has 2 aromatic rings. The predicted octanol–water partition coefficient (Wildman–Crippen LogP) is 2.76. The van der Waals surface area contributed by atoms with Gasteiger partial charge in [-0.2, -0.15) is 0 Å². The molecule has 2 amide bonds. The molecule has 1 aliphatic rings. The molecule has 5 N–H and O–H groups in total. The molecule has 1 fully saturated rings. The van der Waals surface area contributed by atoms with E-state index in [1.54, 1.807) is 24.3 Å². The van der Waals surface area contributed by atoms with Crippen molar-refractivity contribution in [1.82, 2.24) is 20.9 Å². The van der Waals surface area contributed by atoms with E-state index in [1.165, 1.54) is 0 Å². The van der Waals surface area contributed by atoms with Crippen LogP contribution < -0.4 is 21.7 Å². The Morgan fingerprint density at radius 2 is 2.03 bits per heavy atom. The van der Waals surface area contributed by atoms with Crippen molar-refractivity contribution >= 4 is 40.8 Å².